The third-order valence-electron chi connectivity index (χ3n) is 3.14. The van der Waals surface area contributed by atoms with Gasteiger partial charge in [0.1, 0.15) is 0 Å². The standard InChI is InChI=1S/C10H18N2O2/c1-6-2-7(3-6)12-10(14)9-4-8(13)5-11-9/h6-9,11,13H,2-5H2,1H3,(H,12,14)/t6?,7?,8-,9+/m0/s1. The predicted octanol–water partition coefficient (Wildman–Crippen LogP) is -0.376. The molecule has 4 nitrogen and oxygen atoms in total. The molecule has 0 spiro atoms. The molecule has 1 aliphatic heterocycles. The first-order chi connectivity index (χ1) is 6.65. The summed E-state index contributed by atoms with van der Waals surface area (Å²) >= 11 is 0. The van der Waals surface area contributed by atoms with Gasteiger partial charge >= 0.3 is 0 Å². The van der Waals surface area contributed by atoms with Crippen molar-refractivity contribution in [1.82, 2.24) is 10.6 Å². The third-order valence-corrected chi connectivity index (χ3v) is 3.14. The average molecular weight is 198 g/mol. The Morgan fingerprint density at radius 3 is 2.64 bits per heavy atom. The number of hydrogen-bond acceptors (Lipinski definition) is 3. The fourth-order valence-electron chi connectivity index (χ4n) is 2.24. The van der Waals surface area contributed by atoms with Gasteiger partial charge in [-0.2, -0.15) is 0 Å². The molecule has 1 aliphatic carbocycles. The average Bonchev–Trinajstić information content (AvgIpc) is 2.49. The smallest absolute Gasteiger partial charge is 0.237 e. The van der Waals surface area contributed by atoms with Gasteiger partial charge in [-0.1, -0.05) is 6.92 Å². The second-order valence-electron chi connectivity index (χ2n) is 4.63. The van der Waals surface area contributed by atoms with Gasteiger partial charge in [0.25, 0.3) is 0 Å². The van der Waals surface area contributed by atoms with E-state index in [1.807, 2.05) is 0 Å². The summed E-state index contributed by atoms with van der Waals surface area (Å²) in [5, 5.41) is 15.3. The van der Waals surface area contributed by atoms with Gasteiger partial charge in [0.15, 0.2) is 0 Å². The summed E-state index contributed by atoms with van der Waals surface area (Å²) < 4.78 is 0. The molecular weight excluding hydrogens is 180 g/mol. The lowest BCUT2D eigenvalue weighted by Crippen LogP contribution is -2.49. The number of carbonyl (C=O) groups is 1. The summed E-state index contributed by atoms with van der Waals surface area (Å²) in [6, 6.07) is 0.193. The van der Waals surface area contributed by atoms with Crippen LogP contribution in [0.1, 0.15) is 26.2 Å². The first-order valence-corrected chi connectivity index (χ1v) is 5.37. The van der Waals surface area contributed by atoms with Crippen LogP contribution in [0.15, 0.2) is 0 Å². The number of rotatable bonds is 2. The van der Waals surface area contributed by atoms with E-state index in [9.17, 15) is 9.90 Å². The zero-order valence-electron chi connectivity index (χ0n) is 8.49. The van der Waals surface area contributed by atoms with Crippen LogP contribution in [0.2, 0.25) is 0 Å². The molecule has 1 saturated carbocycles. The summed E-state index contributed by atoms with van der Waals surface area (Å²) in [4.78, 5) is 11.6. The minimum Gasteiger partial charge on any atom is -0.392 e. The maximum Gasteiger partial charge on any atom is 0.237 e. The first-order valence-electron chi connectivity index (χ1n) is 5.37. The Morgan fingerprint density at radius 2 is 2.14 bits per heavy atom. The molecular formula is C10H18N2O2. The summed E-state index contributed by atoms with van der Waals surface area (Å²) in [6.07, 6.45) is 2.39. The van der Waals surface area contributed by atoms with Crippen molar-refractivity contribution in [2.75, 3.05) is 6.54 Å². The SMILES string of the molecule is CC1CC(NC(=O)[C@H]2C[C@H](O)CN2)C1. The maximum atomic E-state index is 11.6. The Hall–Kier alpha value is -0.610. The minimum atomic E-state index is -0.355. The van der Waals surface area contributed by atoms with Gasteiger partial charge in [-0.15, -0.1) is 0 Å². The zero-order valence-corrected chi connectivity index (χ0v) is 8.49. The fourth-order valence-corrected chi connectivity index (χ4v) is 2.24. The van der Waals surface area contributed by atoms with Crippen molar-refractivity contribution in [3.05, 3.63) is 0 Å². The predicted molar refractivity (Wildman–Crippen MR) is 52.7 cm³/mol. The fraction of sp³-hybridized carbons (Fsp3) is 0.900. The molecule has 0 aromatic heterocycles. The van der Waals surface area contributed by atoms with Gasteiger partial charge in [-0.05, 0) is 25.2 Å². The van der Waals surface area contributed by atoms with Gasteiger partial charge in [-0.25, -0.2) is 0 Å². The molecule has 2 aliphatic rings. The van der Waals surface area contributed by atoms with Crippen LogP contribution in [0.5, 0.6) is 0 Å². The van der Waals surface area contributed by atoms with Gasteiger partial charge in [0.05, 0.1) is 12.1 Å². The van der Waals surface area contributed by atoms with Crippen LogP contribution >= 0.6 is 0 Å². The normalized spacial score (nSPS) is 41.9. The van der Waals surface area contributed by atoms with Crippen LogP contribution in [0.3, 0.4) is 0 Å². The van der Waals surface area contributed by atoms with E-state index in [0.717, 1.165) is 18.8 Å². The molecule has 2 fully saturated rings. The van der Waals surface area contributed by atoms with Crippen LogP contribution in [0, 0.1) is 5.92 Å². The van der Waals surface area contributed by atoms with Crippen molar-refractivity contribution in [1.29, 1.82) is 0 Å². The Morgan fingerprint density at radius 1 is 1.43 bits per heavy atom. The van der Waals surface area contributed by atoms with E-state index in [-0.39, 0.29) is 18.1 Å². The van der Waals surface area contributed by atoms with Crippen molar-refractivity contribution in [2.24, 2.45) is 5.92 Å². The molecule has 3 N–H and O–H groups in total. The number of carbonyl (C=O) groups excluding carboxylic acids is 1. The number of nitrogens with one attached hydrogen (secondary N) is 2. The molecule has 0 aromatic carbocycles. The second kappa shape index (κ2) is 3.87. The molecule has 0 bridgehead atoms. The molecule has 80 valence electrons. The molecule has 1 amide bonds. The highest BCUT2D eigenvalue weighted by atomic mass is 16.3. The van der Waals surface area contributed by atoms with E-state index in [0.29, 0.717) is 19.0 Å². The maximum absolute atomic E-state index is 11.6. The molecule has 4 heteroatoms. The van der Waals surface area contributed by atoms with Gasteiger partial charge < -0.3 is 15.7 Å². The van der Waals surface area contributed by atoms with E-state index in [4.69, 9.17) is 0 Å². The van der Waals surface area contributed by atoms with E-state index in [1.165, 1.54) is 0 Å². The van der Waals surface area contributed by atoms with E-state index in [1.54, 1.807) is 0 Å². The lowest BCUT2D eigenvalue weighted by molar-refractivity contribution is -0.124. The number of amides is 1. The lowest BCUT2D eigenvalue weighted by Gasteiger charge is -2.33. The Bertz CT molecular complexity index is 226. The highest BCUT2D eigenvalue weighted by Gasteiger charge is 2.32. The van der Waals surface area contributed by atoms with E-state index in [2.05, 4.69) is 17.6 Å². The molecule has 1 heterocycles. The number of hydrogen-bond donors (Lipinski definition) is 3. The summed E-state index contributed by atoms with van der Waals surface area (Å²) in [6.45, 7) is 2.74. The first kappa shape index (κ1) is 9.93. The highest BCUT2D eigenvalue weighted by molar-refractivity contribution is 5.82. The van der Waals surface area contributed by atoms with Crippen LogP contribution in [-0.2, 0) is 4.79 Å². The summed E-state index contributed by atoms with van der Waals surface area (Å²) in [5.74, 6) is 0.806. The van der Waals surface area contributed by atoms with E-state index < -0.39 is 0 Å². The molecule has 0 aromatic rings. The largest absolute Gasteiger partial charge is 0.392 e. The molecule has 2 rings (SSSR count). The quantitative estimate of drug-likeness (QED) is 0.567. The Labute approximate surface area is 84.1 Å². The minimum absolute atomic E-state index is 0.0541. The summed E-state index contributed by atoms with van der Waals surface area (Å²) in [5.41, 5.74) is 0. The zero-order chi connectivity index (χ0) is 10.1. The van der Waals surface area contributed by atoms with Crippen molar-refractivity contribution in [3.8, 4) is 0 Å². The van der Waals surface area contributed by atoms with Crippen molar-refractivity contribution < 1.29 is 9.90 Å². The van der Waals surface area contributed by atoms with Crippen LogP contribution in [0.4, 0.5) is 0 Å². The van der Waals surface area contributed by atoms with Crippen molar-refractivity contribution >= 4 is 5.91 Å². The number of β-amino-alcohol motifs (C(OH)–C–C–N with tert-alkyl or cyclic N) is 1. The monoisotopic (exact) mass is 198 g/mol. The van der Waals surface area contributed by atoms with Crippen LogP contribution in [0.25, 0.3) is 0 Å². The molecule has 2 atom stereocenters. The highest BCUT2D eigenvalue weighted by Crippen LogP contribution is 2.26. The Balaban J connectivity index is 1.73. The van der Waals surface area contributed by atoms with Crippen LogP contribution < -0.4 is 10.6 Å². The molecule has 0 radical (unpaired) electrons. The second-order valence-corrected chi connectivity index (χ2v) is 4.63. The molecule has 14 heavy (non-hydrogen) atoms. The van der Waals surface area contributed by atoms with Crippen LogP contribution in [-0.4, -0.2) is 35.7 Å². The number of aliphatic hydroxyl groups excluding tert-OH is 1. The van der Waals surface area contributed by atoms with Gasteiger partial charge in [-0.3, -0.25) is 4.79 Å². The third kappa shape index (κ3) is 2.07. The summed E-state index contributed by atoms with van der Waals surface area (Å²) in [7, 11) is 0. The number of aliphatic hydroxyl groups is 1. The van der Waals surface area contributed by atoms with Crippen molar-refractivity contribution in [3.63, 3.8) is 0 Å². The Kier molecular flexibility index (Phi) is 2.74. The lowest BCUT2D eigenvalue weighted by atomic mass is 9.82. The van der Waals surface area contributed by atoms with Gasteiger partial charge in [0.2, 0.25) is 5.91 Å². The van der Waals surface area contributed by atoms with Crippen molar-refractivity contribution in [2.45, 2.75) is 44.4 Å². The van der Waals surface area contributed by atoms with Gasteiger partial charge in [0, 0.05) is 12.6 Å². The molecule has 0 unspecified atom stereocenters. The molecule has 1 saturated heterocycles. The van der Waals surface area contributed by atoms with E-state index >= 15 is 0 Å². The topological polar surface area (TPSA) is 61.4 Å².